The zero-order valence-electron chi connectivity index (χ0n) is 21.6. The molecule has 5 aromatic rings. The van der Waals surface area contributed by atoms with Crippen molar-refractivity contribution >= 4 is 38.5 Å². The second-order valence-corrected chi connectivity index (χ2v) is 10.1. The van der Waals surface area contributed by atoms with E-state index < -0.39 is 0 Å². The highest BCUT2D eigenvalue weighted by atomic mass is 19.1. The summed E-state index contributed by atoms with van der Waals surface area (Å²) in [5.41, 5.74) is 6.50. The van der Waals surface area contributed by atoms with Gasteiger partial charge in [-0.1, -0.05) is 52.0 Å². The molecule has 0 radical (unpaired) electrons. The SMILES string of the molecule is C/C=C(\NC(C)C(C)C)c1ccc(-c2ccc3c(c2)c2nccnc2c2[nH]c(C(C)C)nc32)cc1F. The summed E-state index contributed by atoms with van der Waals surface area (Å²) in [6, 6.07) is 11.8. The Hall–Kier alpha value is -3.80. The maximum Gasteiger partial charge on any atom is 0.133 e. The van der Waals surface area contributed by atoms with Gasteiger partial charge in [0.25, 0.3) is 0 Å². The standard InChI is InChI=1S/C30H32FN5/c1-7-25(34-18(6)16(2)3)22-11-9-20(15-24(22)31)19-8-10-21-23(14-19)26-28(33-13-12-32-26)29-27(21)35-30(36-29)17(4)5/h7-18,34H,1-6H3,(H,35,36)/b25-7-. The second-order valence-electron chi connectivity index (χ2n) is 10.1. The van der Waals surface area contributed by atoms with E-state index in [0.29, 0.717) is 11.5 Å². The van der Waals surface area contributed by atoms with Crippen LogP contribution >= 0.6 is 0 Å². The molecule has 0 saturated carbocycles. The Kier molecular flexibility index (Phi) is 6.20. The monoisotopic (exact) mass is 481 g/mol. The minimum absolute atomic E-state index is 0.236. The molecule has 0 aliphatic heterocycles. The first-order valence-electron chi connectivity index (χ1n) is 12.6. The lowest BCUT2D eigenvalue weighted by Gasteiger charge is -2.21. The van der Waals surface area contributed by atoms with Crippen LogP contribution in [-0.4, -0.2) is 26.0 Å². The van der Waals surface area contributed by atoms with E-state index in [9.17, 15) is 0 Å². The molecule has 0 spiro atoms. The van der Waals surface area contributed by atoms with E-state index in [2.05, 4.69) is 67.0 Å². The molecule has 0 bridgehead atoms. The molecule has 6 heteroatoms. The van der Waals surface area contributed by atoms with E-state index in [1.165, 1.54) is 0 Å². The fraction of sp³-hybridized carbons (Fsp3) is 0.300. The maximum atomic E-state index is 15.4. The largest absolute Gasteiger partial charge is 0.382 e. The van der Waals surface area contributed by atoms with Crippen LogP contribution in [0.4, 0.5) is 4.39 Å². The van der Waals surface area contributed by atoms with E-state index in [0.717, 1.165) is 55.5 Å². The Morgan fingerprint density at radius 1 is 0.889 bits per heavy atom. The van der Waals surface area contributed by atoms with Gasteiger partial charge in [-0.05, 0) is 49.1 Å². The third kappa shape index (κ3) is 4.11. The molecule has 2 aromatic heterocycles. The summed E-state index contributed by atoms with van der Waals surface area (Å²) in [5, 5.41) is 5.41. The van der Waals surface area contributed by atoms with Crippen LogP contribution in [0.1, 0.15) is 58.8 Å². The maximum absolute atomic E-state index is 15.4. The lowest BCUT2D eigenvalue weighted by molar-refractivity contribution is 0.479. The van der Waals surface area contributed by atoms with Crippen molar-refractivity contribution in [2.24, 2.45) is 5.92 Å². The van der Waals surface area contributed by atoms with Crippen molar-refractivity contribution in [1.82, 2.24) is 25.3 Å². The molecule has 36 heavy (non-hydrogen) atoms. The van der Waals surface area contributed by atoms with Crippen LogP contribution in [0.25, 0.3) is 49.7 Å². The normalized spacial score (nSPS) is 13.4. The van der Waals surface area contributed by atoms with E-state index in [1.807, 2.05) is 31.2 Å². The quantitative estimate of drug-likeness (QED) is 0.245. The Morgan fingerprint density at radius 2 is 1.58 bits per heavy atom. The molecule has 2 heterocycles. The summed E-state index contributed by atoms with van der Waals surface area (Å²) in [7, 11) is 0. The number of allylic oxidation sites excluding steroid dienone is 1. The van der Waals surface area contributed by atoms with E-state index in [-0.39, 0.29) is 17.8 Å². The van der Waals surface area contributed by atoms with E-state index in [4.69, 9.17) is 4.98 Å². The summed E-state index contributed by atoms with van der Waals surface area (Å²) < 4.78 is 15.4. The highest BCUT2D eigenvalue weighted by Crippen LogP contribution is 2.35. The van der Waals surface area contributed by atoms with Crippen LogP contribution in [0.3, 0.4) is 0 Å². The van der Waals surface area contributed by atoms with Crippen molar-refractivity contribution in [1.29, 1.82) is 0 Å². The molecule has 5 nitrogen and oxygen atoms in total. The van der Waals surface area contributed by atoms with Crippen molar-refractivity contribution in [2.75, 3.05) is 0 Å². The highest BCUT2D eigenvalue weighted by molar-refractivity contribution is 6.21. The van der Waals surface area contributed by atoms with Gasteiger partial charge < -0.3 is 10.3 Å². The summed E-state index contributed by atoms with van der Waals surface area (Å²) in [5.74, 6) is 1.37. The molecule has 0 aliphatic rings. The van der Waals surface area contributed by atoms with Crippen LogP contribution in [0.15, 0.2) is 54.9 Å². The Balaban J connectivity index is 1.63. The topological polar surface area (TPSA) is 66.5 Å². The molecule has 0 amide bonds. The second kappa shape index (κ2) is 9.34. The Labute approximate surface area is 210 Å². The van der Waals surface area contributed by atoms with Crippen molar-refractivity contribution in [3.05, 3.63) is 72.1 Å². The Morgan fingerprint density at radius 3 is 2.25 bits per heavy atom. The number of aromatic nitrogens is 4. The third-order valence-electron chi connectivity index (χ3n) is 7.00. The summed E-state index contributed by atoms with van der Waals surface area (Å²) in [6.07, 6.45) is 5.34. The van der Waals surface area contributed by atoms with Gasteiger partial charge in [0.2, 0.25) is 0 Å². The third-order valence-corrected chi connectivity index (χ3v) is 7.00. The van der Waals surface area contributed by atoms with Gasteiger partial charge in [-0.2, -0.15) is 0 Å². The molecule has 0 aliphatic carbocycles. The van der Waals surface area contributed by atoms with Gasteiger partial charge in [0.15, 0.2) is 0 Å². The number of imidazole rings is 1. The van der Waals surface area contributed by atoms with Crippen LogP contribution in [0, 0.1) is 11.7 Å². The molecule has 3 aromatic carbocycles. The number of aromatic amines is 1. The van der Waals surface area contributed by atoms with Gasteiger partial charge in [-0.25, -0.2) is 9.37 Å². The van der Waals surface area contributed by atoms with Gasteiger partial charge in [0.05, 0.1) is 16.6 Å². The number of fused-ring (bicyclic) bond motifs is 6. The van der Waals surface area contributed by atoms with Gasteiger partial charge in [0, 0.05) is 46.4 Å². The number of rotatable bonds is 6. The number of benzene rings is 3. The number of halogens is 1. The zero-order valence-corrected chi connectivity index (χ0v) is 21.6. The first-order valence-corrected chi connectivity index (χ1v) is 12.6. The van der Waals surface area contributed by atoms with Gasteiger partial charge in [-0.15, -0.1) is 0 Å². The van der Waals surface area contributed by atoms with Gasteiger partial charge in [0.1, 0.15) is 17.2 Å². The molecule has 0 saturated heterocycles. The predicted molar refractivity (Wildman–Crippen MR) is 147 cm³/mol. The van der Waals surface area contributed by atoms with E-state index in [1.54, 1.807) is 18.5 Å². The molecule has 5 rings (SSSR count). The average molecular weight is 482 g/mol. The highest BCUT2D eigenvalue weighted by Gasteiger charge is 2.18. The van der Waals surface area contributed by atoms with Crippen molar-refractivity contribution < 1.29 is 4.39 Å². The van der Waals surface area contributed by atoms with Crippen LogP contribution in [0.2, 0.25) is 0 Å². The lowest BCUT2D eigenvalue weighted by atomic mass is 9.97. The number of hydrogen-bond donors (Lipinski definition) is 2. The molecule has 2 N–H and O–H groups in total. The smallest absolute Gasteiger partial charge is 0.133 e. The van der Waals surface area contributed by atoms with E-state index >= 15 is 4.39 Å². The summed E-state index contributed by atoms with van der Waals surface area (Å²) >= 11 is 0. The van der Waals surface area contributed by atoms with Crippen molar-refractivity contribution in [2.45, 2.75) is 53.5 Å². The van der Waals surface area contributed by atoms with Crippen LogP contribution in [-0.2, 0) is 0 Å². The van der Waals surface area contributed by atoms with Crippen LogP contribution in [0.5, 0.6) is 0 Å². The first kappa shape index (κ1) is 23.9. The average Bonchev–Trinajstić information content (AvgIpc) is 3.33. The fourth-order valence-corrected chi connectivity index (χ4v) is 4.52. The molecule has 1 atom stereocenters. The predicted octanol–water partition coefficient (Wildman–Crippen LogP) is 7.58. The summed E-state index contributed by atoms with van der Waals surface area (Å²) in [6.45, 7) is 12.6. The molecular weight excluding hydrogens is 449 g/mol. The molecule has 184 valence electrons. The lowest BCUT2D eigenvalue weighted by Crippen LogP contribution is -2.29. The van der Waals surface area contributed by atoms with Gasteiger partial charge >= 0.3 is 0 Å². The van der Waals surface area contributed by atoms with Crippen LogP contribution < -0.4 is 5.32 Å². The number of hydrogen-bond acceptors (Lipinski definition) is 4. The summed E-state index contributed by atoms with van der Waals surface area (Å²) in [4.78, 5) is 17.6. The Bertz CT molecular complexity index is 1610. The number of H-pyrrole nitrogens is 1. The van der Waals surface area contributed by atoms with Crippen molar-refractivity contribution in [3.8, 4) is 11.1 Å². The first-order chi connectivity index (χ1) is 17.3. The van der Waals surface area contributed by atoms with Crippen molar-refractivity contribution in [3.63, 3.8) is 0 Å². The molecular formula is C30H32FN5. The number of nitrogens with zero attached hydrogens (tertiary/aromatic N) is 3. The minimum Gasteiger partial charge on any atom is -0.382 e. The minimum atomic E-state index is -0.252. The number of nitrogens with one attached hydrogen (secondary N) is 2. The zero-order chi connectivity index (χ0) is 25.6. The molecule has 1 unspecified atom stereocenters. The molecule has 0 fully saturated rings. The fourth-order valence-electron chi connectivity index (χ4n) is 4.52. The van der Waals surface area contributed by atoms with Gasteiger partial charge in [-0.3, -0.25) is 9.97 Å².